The highest BCUT2D eigenvalue weighted by atomic mass is 19.1. The van der Waals surface area contributed by atoms with Gasteiger partial charge in [-0.05, 0) is 25.1 Å². The lowest BCUT2D eigenvalue weighted by Crippen LogP contribution is -2.40. The minimum Gasteiger partial charge on any atom is -0.442 e. The zero-order chi connectivity index (χ0) is 18.9. The Labute approximate surface area is 150 Å². The summed E-state index contributed by atoms with van der Waals surface area (Å²) in [4.78, 5) is 34.8. The summed E-state index contributed by atoms with van der Waals surface area (Å²) >= 11 is 0. The summed E-state index contributed by atoms with van der Waals surface area (Å²) in [6, 6.07) is 4.00. The van der Waals surface area contributed by atoms with E-state index in [1.165, 1.54) is 17.0 Å². The maximum atomic E-state index is 14.2. The zero-order valence-electron chi connectivity index (χ0n) is 14.4. The van der Waals surface area contributed by atoms with Gasteiger partial charge in [-0.2, -0.15) is 0 Å². The van der Waals surface area contributed by atoms with Crippen molar-refractivity contribution in [2.45, 2.75) is 13.0 Å². The molecule has 1 aliphatic rings. The fourth-order valence-electron chi connectivity index (χ4n) is 2.41. The Kier molecular flexibility index (Phi) is 7.01. The van der Waals surface area contributed by atoms with Crippen LogP contribution in [-0.4, -0.2) is 57.4 Å². The van der Waals surface area contributed by atoms with Crippen molar-refractivity contribution >= 4 is 29.9 Å². The minimum atomic E-state index is -0.594. The number of nitrogens with one attached hydrogen (secondary N) is 4. The van der Waals surface area contributed by atoms with Crippen LogP contribution in [0.3, 0.4) is 0 Å². The van der Waals surface area contributed by atoms with Crippen LogP contribution in [0.5, 0.6) is 0 Å². The summed E-state index contributed by atoms with van der Waals surface area (Å²) in [6.07, 6.45) is -0.541. The average Bonchev–Trinajstić information content (AvgIpc) is 2.99. The van der Waals surface area contributed by atoms with E-state index >= 15 is 0 Å². The van der Waals surface area contributed by atoms with Crippen molar-refractivity contribution in [3.05, 3.63) is 24.0 Å². The van der Waals surface area contributed by atoms with Crippen molar-refractivity contribution in [2.75, 3.05) is 42.9 Å². The molecule has 1 aromatic carbocycles. The Bertz CT molecular complexity index is 658. The third kappa shape index (κ3) is 5.23. The molecule has 2 rings (SSSR count). The topological polar surface area (TPSA) is 112 Å². The molecule has 1 aromatic rings. The fraction of sp³-hybridized carbons (Fsp3) is 0.438. The first-order valence-corrected chi connectivity index (χ1v) is 8.25. The normalized spacial score (nSPS) is 16.0. The quantitative estimate of drug-likeness (QED) is 0.378. The molecule has 1 aliphatic heterocycles. The molecule has 9 nitrogen and oxygen atoms in total. The second kappa shape index (κ2) is 9.44. The largest absolute Gasteiger partial charge is 0.442 e. The third-order valence-electron chi connectivity index (χ3n) is 3.63. The summed E-state index contributed by atoms with van der Waals surface area (Å²) in [5.74, 6) is -0.523. The van der Waals surface area contributed by atoms with Gasteiger partial charge in [0.1, 0.15) is 11.9 Å². The molecule has 142 valence electrons. The van der Waals surface area contributed by atoms with E-state index in [9.17, 15) is 18.8 Å². The highest BCUT2D eigenvalue weighted by Gasteiger charge is 2.32. The first-order valence-electron chi connectivity index (χ1n) is 8.25. The molecular weight excluding hydrogens is 345 g/mol. The SMILES string of the molecule is CCNC(=O)NCC1CN(c2ccc(NCCNC=O)c(F)c2)C(=O)O1. The maximum Gasteiger partial charge on any atom is 0.414 e. The highest BCUT2D eigenvalue weighted by molar-refractivity contribution is 5.90. The van der Waals surface area contributed by atoms with Gasteiger partial charge in [0.15, 0.2) is 0 Å². The summed E-state index contributed by atoms with van der Waals surface area (Å²) in [6.45, 7) is 3.40. The van der Waals surface area contributed by atoms with Crippen LogP contribution in [0.25, 0.3) is 0 Å². The molecule has 1 saturated heterocycles. The van der Waals surface area contributed by atoms with Crippen molar-refractivity contribution < 1.29 is 23.5 Å². The number of amides is 4. The standard InChI is InChI=1S/C16H22FN5O4/c1-2-19-15(24)21-8-12-9-22(16(25)26-12)11-3-4-14(13(17)7-11)20-6-5-18-10-23/h3-4,7,10,12,20H,2,5-6,8-9H2,1H3,(H,18,23)(H2,19,21,24). The fourth-order valence-corrected chi connectivity index (χ4v) is 2.41. The summed E-state index contributed by atoms with van der Waals surface area (Å²) in [5, 5.41) is 10.5. The van der Waals surface area contributed by atoms with Crippen molar-refractivity contribution in [1.29, 1.82) is 0 Å². The van der Waals surface area contributed by atoms with E-state index in [1.807, 2.05) is 0 Å². The Morgan fingerprint density at radius 1 is 1.38 bits per heavy atom. The number of hydrogen-bond acceptors (Lipinski definition) is 5. The number of cyclic esters (lactones) is 1. The number of ether oxygens (including phenoxy) is 1. The molecule has 1 atom stereocenters. The zero-order valence-corrected chi connectivity index (χ0v) is 14.4. The Morgan fingerprint density at radius 2 is 2.19 bits per heavy atom. The van der Waals surface area contributed by atoms with Crippen molar-refractivity contribution in [1.82, 2.24) is 16.0 Å². The van der Waals surface area contributed by atoms with E-state index < -0.39 is 18.0 Å². The van der Waals surface area contributed by atoms with E-state index in [-0.39, 0.29) is 24.8 Å². The molecule has 0 aromatic heterocycles. The van der Waals surface area contributed by atoms with E-state index in [1.54, 1.807) is 13.0 Å². The molecule has 4 amide bonds. The van der Waals surface area contributed by atoms with Gasteiger partial charge >= 0.3 is 12.1 Å². The number of hydrogen-bond donors (Lipinski definition) is 4. The molecule has 0 aliphatic carbocycles. The van der Waals surface area contributed by atoms with Gasteiger partial charge in [0.05, 0.1) is 24.5 Å². The second-order valence-electron chi connectivity index (χ2n) is 5.52. The lowest BCUT2D eigenvalue weighted by Gasteiger charge is -2.15. The van der Waals surface area contributed by atoms with Crippen LogP contribution in [0.15, 0.2) is 18.2 Å². The average molecular weight is 367 g/mol. The molecule has 1 unspecified atom stereocenters. The highest BCUT2D eigenvalue weighted by Crippen LogP contribution is 2.25. The second-order valence-corrected chi connectivity index (χ2v) is 5.52. The summed E-state index contributed by atoms with van der Waals surface area (Å²) < 4.78 is 19.4. The van der Waals surface area contributed by atoms with Gasteiger partial charge in [-0.3, -0.25) is 9.69 Å². The van der Waals surface area contributed by atoms with Gasteiger partial charge in [-0.1, -0.05) is 0 Å². The van der Waals surface area contributed by atoms with Crippen LogP contribution in [0, 0.1) is 5.82 Å². The number of anilines is 2. The lowest BCUT2D eigenvalue weighted by atomic mass is 10.2. The van der Waals surface area contributed by atoms with Crippen LogP contribution in [0.2, 0.25) is 0 Å². The predicted molar refractivity (Wildman–Crippen MR) is 93.6 cm³/mol. The van der Waals surface area contributed by atoms with Gasteiger partial charge in [-0.25, -0.2) is 14.0 Å². The monoisotopic (exact) mass is 367 g/mol. The van der Waals surface area contributed by atoms with E-state index in [4.69, 9.17) is 4.74 Å². The van der Waals surface area contributed by atoms with Gasteiger partial charge in [0.25, 0.3) is 0 Å². The minimum absolute atomic E-state index is 0.167. The number of carbonyl (C=O) groups excluding carboxylic acids is 3. The number of nitrogens with zero attached hydrogens (tertiary/aromatic N) is 1. The molecule has 4 N–H and O–H groups in total. The Balaban J connectivity index is 1.91. The smallest absolute Gasteiger partial charge is 0.414 e. The molecule has 0 saturated carbocycles. The van der Waals surface area contributed by atoms with E-state index in [2.05, 4.69) is 21.3 Å². The number of urea groups is 1. The van der Waals surface area contributed by atoms with Gasteiger partial charge < -0.3 is 26.0 Å². The number of carbonyl (C=O) groups is 3. The first-order chi connectivity index (χ1) is 12.5. The van der Waals surface area contributed by atoms with Gasteiger partial charge in [0.2, 0.25) is 6.41 Å². The first kappa shape index (κ1) is 19.3. The molecule has 10 heteroatoms. The lowest BCUT2D eigenvalue weighted by molar-refractivity contribution is -0.109. The Morgan fingerprint density at radius 3 is 2.88 bits per heavy atom. The van der Waals surface area contributed by atoms with Crippen molar-refractivity contribution in [3.8, 4) is 0 Å². The van der Waals surface area contributed by atoms with Gasteiger partial charge in [0, 0.05) is 19.6 Å². The number of halogens is 1. The maximum absolute atomic E-state index is 14.2. The Hall–Kier alpha value is -3.04. The molecule has 0 spiro atoms. The molecular formula is C16H22FN5O4. The third-order valence-corrected chi connectivity index (χ3v) is 3.63. The van der Waals surface area contributed by atoms with Gasteiger partial charge in [-0.15, -0.1) is 0 Å². The van der Waals surface area contributed by atoms with Crippen LogP contribution in [0.1, 0.15) is 6.92 Å². The molecule has 1 heterocycles. The molecule has 1 fully saturated rings. The number of benzene rings is 1. The molecule has 26 heavy (non-hydrogen) atoms. The van der Waals surface area contributed by atoms with Crippen LogP contribution >= 0.6 is 0 Å². The number of rotatable bonds is 9. The van der Waals surface area contributed by atoms with Crippen LogP contribution in [-0.2, 0) is 9.53 Å². The van der Waals surface area contributed by atoms with Crippen molar-refractivity contribution in [2.24, 2.45) is 0 Å². The summed E-state index contributed by atoms with van der Waals surface area (Å²) in [7, 11) is 0. The van der Waals surface area contributed by atoms with Crippen LogP contribution < -0.4 is 26.2 Å². The summed E-state index contributed by atoms with van der Waals surface area (Å²) in [5.41, 5.74) is 0.632. The molecule has 0 radical (unpaired) electrons. The van der Waals surface area contributed by atoms with Crippen LogP contribution in [0.4, 0.5) is 25.4 Å². The molecule has 0 bridgehead atoms. The van der Waals surface area contributed by atoms with E-state index in [0.717, 1.165) is 0 Å². The predicted octanol–water partition coefficient (Wildman–Crippen LogP) is 0.628. The van der Waals surface area contributed by atoms with Crippen molar-refractivity contribution in [3.63, 3.8) is 0 Å². The van der Waals surface area contributed by atoms with E-state index in [0.29, 0.717) is 31.7 Å².